The average molecular weight is 327 g/mol. The van der Waals surface area contributed by atoms with Crippen LogP contribution in [0.4, 0.5) is 5.69 Å². The fraction of sp³-hybridized carbons (Fsp3) is 0.571. The molecule has 104 valence electrons. The Morgan fingerprint density at radius 1 is 1.47 bits per heavy atom. The SMILES string of the molecule is C[C@H](NCc1ccc([N+](=O)[O-])cc1Br)C1CCCC1. The summed E-state index contributed by atoms with van der Waals surface area (Å²) in [6.07, 6.45) is 5.32. The molecule has 0 amide bonds. The minimum atomic E-state index is -0.372. The first-order valence-corrected chi connectivity index (χ1v) is 7.53. The van der Waals surface area contributed by atoms with Crippen molar-refractivity contribution in [2.75, 3.05) is 0 Å². The number of nitro groups is 1. The lowest BCUT2D eigenvalue weighted by Gasteiger charge is -2.20. The summed E-state index contributed by atoms with van der Waals surface area (Å²) < 4.78 is 0.799. The summed E-state index contributed by atoms with van der Waals surface area (Å²) >= 11 is 3.40. The lowest BCUT2D eigenvalue weighted by Crippen LogP contribution is -2.31. The Bertz CT molecular complexity index is 459. The van der Waals surface area contributed by atoms with E-state index >= 15 is 0 Å². The average Bonchev–Trinajstić information content (AvgIpc) is 2.90. The van der Waals surface area contributed by atoms with Crippen LogP contribution in [0.2, 0.25) is 0 Å². The van der Waals surface area contributed by atoms with Crippen LogP contribution in [0, 0.1) is 16.0 Å². The van der Waals surface area contributed by atoms with Crippen molar-refractivity contribution in [2.24, 2.45) is 5.92 Å². The highest BCUT2D eigenvalue weighted by atomic mass is 79.9. The zero-order valence-corrected chi connectivity index (χ0v) is 12.6. The Morgan fingerprint density at radius 3 is 2.74 bits per heavy atom. The molecule has 1 aliphatic rings. The smallest absolute Gasteiger partial charge is 0.270 e. The first-order chi connectivity index (χ1) is 9.08. The molecule has 4 nitrogen and oxygen atoms in total. The minimum Gasteiger partial charge on any atom is -0.310 e. The number of nitrogens with one attached hydrogen (secondary N) is 1. The van der Waals surface area contributed by atoms with Gasteiger partial charge < -0.3 is 5.32 Å². The molecular weight excluding hydrogens is 308 g/mol. The Morgan fingerprint density at radius 2 is 2.16 bits per heavy atom. The minimum absolute atomic E-state index is 0.125. The number of halogens is 1. The van der Waals surface area contributed by atoms with Crippen molar-refractivity contribution < 1.29 is 4.92 Å². The first kappa shape index (κ1) is 14.5. The van der Waals surface area contributed by atoms with Gasteiger partial charge in [-0.05, 0) is 37.3 Å². The van der Waals surface area contributed by atoms with E-state index < -0.39 is 0 Å². The molecule has 2 rings (SSSR count). The molecule has 0 bridgehead atoms. The summed E-state index contributed by atoms with van der Waals surface area (Å²) in [4.78, 5) is 10.3. The lowest BCUT2D eigenvalue weighted by atomic mass is 9.99. The molecule has 19 heavy (non-hydrogen) atoms. The molecule has 1 N–H and O–H groups in total. The fourth-order valence-electron chi connectivity index (χ4n) is 2.69. The molecule has 1 aliphatic carbocycles. The summed E-state index contributed by atoms with van der Waals surface area (Å²) in [5.74, 6) is 0.775. The van der Waals surface area contributed by atoms with Crippen LogP contribution in [0.3, 0.4) is 0 Å². The van der Waals surface area contributed by atoms with Crippen LogP contribution in [0.15, 0.2) is 22.7 Å². The molecule has 0 saturated heterocycles. The van der Waals surface area contributed by atoms with Gasteiger partial charge in [-0.15, -0.1) is 0 Å². The Hall–Kier alpha value is -0.940. The zero-order valence-electron chi connectivity index (χ0n) is 11.1. The van der Waals surface area contributed by atoms with Crippen molar-refractivity contribution >= 4 is 21.6 Å². The summed E-state index contributed by atoms with van der Waals surface area (Å²) in [5, 5.41) is 14.2. The predicted octanol–water partition coefficient (Wildman–Crippen LogP) is 4.03. The van der Waals surface area contributed by atoms with Gasteiger partial charge in [-0.2, -0.15) is 0 Å². The maximum atomic E-state index is 10.7. The fourth-order valence-corrected chi connectivity index (χ4v) is 3.20. The number of rotatable bonds is 5. The van der Waals surface area contributed by atoms with E-state index in [1.807, 2.05) is 6.07 Å². The number of non-ortho nitro benzene ring substituents is 1. The van der Waals surface area contributed by atoms with Gasteiger partial charge >= 0.3 is 0 Å². The number of hydrogen-bond donors (Lipinski definition) is 1. The molecule has 0 spiro atoms. The molecule has 0 aliphatic heterocycles. The molecule has 0 aromatic heterocycles. The Labute approximate surface area is 121 Å². The van der Waals surface area contributed by atoms with Gasteiger partial charge in [0.25, 0.3) is 5.69 Å². The van der Waals surface area contributed by atoms with Crippen LogP contribution in [0.1, 0.15) is 38.2 Å². The third kappa shape index (κ3) is 3.76. The summed E-state index contributed by atoms with van der Waals surface area (Å²) in [6.45, 7) is 2.98. The van der Waals surface area contributed by atoms with Crippen molar-refractivity contribution in [3.63, 3.8) is 0 Å². The van der Waals surface area contributed by atoms with Gasteiger partial charge in [0.2, 0.25) is 0 Å². The molecule has 0 heterocycles. The largest absolute Gasteiger partial charge is 0.310 e. The summed E-state index contributed by atoms with van der Waals surface area (Å²) in [5.41, 5.74) is 1.19. The second kappa shape index (κ2) is 6.48. The molecule has 1 atom stereocenters. The summed E-state index contributed by atoms with van der Waals surface area (Å²) in [7, 11) is 0. The van der Waals surface area contributed by atoms with Gasteiger partial charge in [-0.1, -0.05) is 28.8 Å². The molecule has 1 aromatic rings. The van der Waals surface area contributed by atoms with Gasteiger partial charge in [-0.25, -0.2) is 0 Å². The predicted molar refractivity (Wildman–Crippen MR) is 79.1 cm³/mol. The van der Waals surface area contributed by atoms with Crippen LogP contribution in [-0.4, -0.2) is 11.0 Å². The first-order valence-electron chi connectivity index (χ1n) is 6.74. The second-order valence-corrected chi connectivity index (χ2v) is 6.10. The topological polar surface area (TPSA) is 55.2 Å². The monoisotopic (exact) mass is 326 g/mol. The highest BCUT2D eigenvalue weighted by Crippen LogP contribution is 2.28. The number of nitro benzene ring substituents is 1. The van der Waals surface area contributed by atoms with Gasteiger partial charge in [0.15, 0.2) is 0 Å². The lowest BCUT2D eigenvalue weighted by molar-refractivity contribution is -0.384. The van der Waals surface area contributed by atoms with Crippen molar-refractivity contribution in [1.82, 2.24) is 5.32 Å². The summed E-state index contributed by atoms with van der Waals surface area (Å²) in [6, 6.07) is 5.44. The molecule has 1 fully saturated rings. The van der Waals surface area contributed by atoms with Gasteiger partial charge in [0.1, 0.15) is 0 Å². The molecular formula is C14H19BrN2O2. The second-order valence-electron chi connectivity index (χ2n) is 5.25. The van der Waals surface area contributed by atoms with Crippen LogP contribution in [0.5, 0.6) is 0 Å². The standard InChI is InChI=1S/C14H19BrN2O2/c1-10(11-4-2-3-5-11)16-9-12-6-7-13(17(18)19)8-14(12)15/h6-8,10-11,16H,2-5,9H2,1H3/t10-/m0/s1. The van der Waals surface area contributed by atoms with E-state index in [1.165, 1.54) is 25.7 Å². The van der Waals surface area contributed by atoms with E-state index in [9.17, 15) is 10.1 Å². The van der Waals surface area contributed by atoms with Crippen molar-refractivity contribution in [1.29, 1.82) is 0 Å². The molecule has 0 unspecified atom stereocenters. The van der Waals surface area contributed by atoms with Gasteiger partial charge in [0, 0.05) is 29.2 Å². The normalized spacial score (nSPS) is 17.6. The van der Waals surface area contributed by atoms with Crippen molar-refractivity contribution in [3.8, 4) is 0 Å². The molecule has 1 aromatic carbocycles. The van der Waals surface area contributed by atoms with E-state index in [2.05, 4.69) is 28.2 Å². The van der Waals surface area contributed by atoms with E-state index in [4.69, 9.17) is 0 Å². The quantitative estimate of drug-likeness (QED) is 0.656. The third-order valence-corrected chi connectivity index (χ3v) is 4.71. The third-order valence-electron chi connectivity index (χ3n) is 3.97. The van der Waals surface area contributed by atoms with E-state index in [1.54, 1.807) is 12.1 Å². The highest BCUT2D eigenvalue weighted by molar-refractivity contribution is 9.10. The molecule has 1 saturated carbocycles. The maximum Gasteiger partial charge on any atom is 0.270 e. The maximum absolute atomic E-state index is 10.7. The van der Waals surface area contributed by atoms with Crippen LogP contribution in [-0.2, 0) is 6.54 Å². The number of benzene rings is 1. The van der Waals surface area contributed by atoms with Crippen LogP contribution < -0.4 is 5.32 Å². The van der Waals surface area contributed by atoms with Crippen LogP contribution in [0.25, 0.3) is 0 Å². The van der Waals surface area contributed by atoms with Crippen LogP contribution >= 0.6 is 15.9 Å². The van der Waals surface area contributed by atoms with E-state index in [0.29, 0.717) is 6.04 Å². The van der Waals surface area contributed by atoms with Gasteiger partial charge in [0.05, 0.1) is 4.92 Å². The van der Waals surface area contributed by atoms with Gasteiger partial charge in [-0.3, -0.25) is 10.1 Å². The zero-order chi connectivity index (χ0) is 13.8. The number of nitrogens with zero attached hydrogens (tertiary/aromatic N) is 1. The van der Waals surface area contributed by atoms with E-state index in [0.717, 1.165) is 22.5 Å². The Kier molecular flexibility index (Phi) is 4.93. The Balaban J connectivity index is 1.93. The molecule has 5 heteroatoms. The highest BCUT2D eigenvalue weighted by Gasteiger charge is 2.21. The van der Waals surface area contributed by atoms with Crippen molar-refractivity contribution in [3.05, 3.63) is 38.3 Å². The van der Waals surface area contributed by atoms with E-state index in [-0.39, 0.29) is 10.6 Å². The number of hydrogen-bond acceptors (Lipinski definition) is 3. The molecule has 0 radical (unpaired) electrons. The van der Waals surface area contributed by atoms with Crippen molar-refractivity contribution in [2.45, 2.75) is 45.2 Å².